The van der Waals surface area contributed by atoms with Crippen LogP contribution in [0, 0.1) is 12.7 Å². The summed E-state index contributed by atoms with van der Waals surface area (Å²) in [4.78, 5) is 37.5. The summed E-state index contributed by atoms with van der Waals surface area (Å²) in [5, 5.41) is 2.10. The number of benzene rings is 2. The zero-order chi connectivity index (χ0) is 17.3. The molecule has 0 aromatic heterocycles. The van der Waals surface area contributed by atoms with Gasteiger partial charge in [-0.25, -0.2) is 14.1 Å². The molecule has 0 unspecified atom stereocenters. The van der Waals surface area contributed by atoms with Crippen molar-refractivity contribution in [1.29, 1.82) is 0 Å². The molecular weight excluding hydrogens is 311 g/mol. The van der Waals surface area contributed by atoms with Gasteiger partial charge in [0, 0.05) is 5.56 Å². The van der Waals surface area contributed by atoms with E-state index in [9.17, 15) is 18.8 Å². The molecule has 6 heteroatoms. The lowest BCUT2D eigenvalue weighted by Crippen LogP contribution is -2.54. The van der Waals surface area contributed by atoms with Crippen LogP contribution < -0.4 is 10.2 Å². The van der Waals surface area contributed by atoms with E-state index in [1.807, 2.05) is 6.92 Å². The van der Waals surface area contributed by atoms with Gasteiger partial charge >= 0.3 is 6.03 Å². The average Bonchev–Trinajstić information content (AvgIpc) is 2.54. The predicted octanol–water partition coefficient (Wildman–Crippen LogP) is 2.80. The first-order valence-corrected chi connectivity index (χ1v) is 7.20. The third-order valence-electron chi connectivity index (χ3n) is 3.60. The van der Waals surface area contributed by atoms with Gasteiger partial charge in [-0.1, -0.05) is 35.9 Å². The van der Waals surface area contributed by atoms with Crippen LogP contribution in [0.4, 0.5) is 14.9 Å². The lowest BCUT2D eigenvalue weighted by atomic mass is 10.1. The topological polar surface area (TPSA) is 66.5 Å². The van der Waals surface area contributed by atoms with Crippen LogP contribution in [-0.4, -0.2) is 17.8 Å². The van der Waals surface area contributed by atoms with Crippen molar-refractivity contribution in [3.05, 3.63) is 71.0 Å². The molecule has 2 aromatic carbocycles. The third-order valence-corrected chi connectivity index (χ3v) is 3.60. The first-order valence-electron chi connectivity index (χ1n) is 7.20. The maximum atomic E-state index is 13.8. The lowest BCUT2D eigenvalue weighted by Gasteiger charge is -2.26. The SMILES string of the molecule is Cc1ccc(N2C(=O)NC(=O)C(=Cc3ccccc3F)C2=O)cc1. The number of barbiturate groups is 1. The van der Waals surface area contributed by atoms with Crippen LogP contribution in [0.5, 0.6) is 0 Å². The minimum Gasteiger partial charge on any atom is -0.273 e. The average molecular weight is 324 g/mol. The Bertz CT molecular complexity index is 872. The van der Waals surface area contributed by atoms with Gasteiger partial charge in [0.15, 0.2) is 0 Å². The molecule has 1 aliphatic rings. The predicted molar refractivity (Wildman–Crippen MR) is 86.6 cm³/mol. The highest BCUT2D eigenvalue weighted by Gasteiger charge is 2.36. The Morgan fingerprint density at radius 2 is 1.67 bits per heavy atom. The molecule has 2 aromatic rings. The number of anilines is 1. The molecule has 3 rings (SSSR count). The number of nitrogens with zero attached hydrogens (tertiary/aromatic N) is 1. The summed E-state index contributed by atoms with van der Waals surface area (Å²) < 4.78 is 13.8. The van der Waals surface area contributed by atoms with Crippen LogP contribution in [0.3, 0.4) is 0 Å². The van der Waals surface area contributed by atoms with Crippen LogP contribution in [0.1, 0.15) is 11.1 Å². The number of hydrogen-bond acceptors (Lipinski definition) is 3. The molecular formula is C18H13FN2O3. The minimum absolute atomic E-state index is 0.0919. The fourth-order valence-electron chi connectivity index (χ4n) is 2.33. The van der Waals surface area contributed by atoms with Gasteiger partial charge in [0.2, 0.25) is 0 Å². The number of halogens is 1. The Morgan fingerprint density at radius 1 is 1.00 bits per heavy atom. The molecule has 24 heavy (non-hydrogen) atoms. The van der Waals surface area contributed by atoms with E-state index in [1.54, 1.807) is 30.3 Å². The van der Waals surface area contributed by atoms with Crippen molar-refractivity contribution < 1.29 is 18.8 Å². The summed E-state index contributed by atoms with van der Waals surface area (Å²) in [6.07, 6.45) is 1.14. The van der Waals surface area contributed by atoms with Gasteiger partial charge in [-0.05, 0) is 31.2 Å². The Labute approximate surface area is 137 Å². The molecule has 0 aliphatic carbocycles. The van der Waals surface area contributed by atoms with E-state index in [0.29, 0.717) is 5.69 Å². The van der Waals surface area contributed by atoms with E-state index in [2.05, 4.69) is 5.32 Å². The van der Waals surface area contributed by atoms with Crippen molar-refractivity contribution in [2.45, 2.75) is 6.92 Å². The van der Waals surface area contributed by atoms with E-state index >= 15 is 0 Å². The Balaban J connectivity index is 2.03. The van der Waals surface area contributed by atoms with E-state index in [1.165, 1.54) is 18.2 Å². The summed E-state index contributed by atoms with van der Waals surface area (Å²) in [6, 6.07) is 11.6. The number of carbonyl (C=O) groups excluding carboxylic acids is 3. The van der Waals surface area contributed by atoms with Crippen LogP contribution in [-0.2, 0) is 9.59 Å². The largest absolute Gasteiger partial charge is 0.335 e. The van der Waals surface area contributed by atoms with Gasteiger partial charge in [0.25, 0.3) is 11.8 Å². The maximum Gasteiger partial charge on any atom is 0.335 e. The fraction of sp³-hybridized carbons (Fsp3) is 0.0556. The Hall–Kier alpha value is -3.28. The van der Waals surface area contributed by atoms with E-state index in [-0.39, 0.29) is 11.1 Å². The molecule has 1 aliphatic heterocycles. The van der Waals surface area contributed by atoms with Crippen LogP contribution >= 0.6 is 0 Å². The maximum absolute atomic E-state index is 13.8. The number of carbonyl (C=O) groups is 3. The monoisotopic (exact) mass is 324 g/mol. The number of amides is 4. The normalized spacial score (nSPS) is 16.5. The van der Waals surface area contributed by atoms with Gasteiger partial charge in [-0.2, -0.15) is 0 Å². The second kappa shape index (κ2) is 6.08. The Morgan fingerprint density at radius 3 is 2.33 bits per heavy atom. The minimum atomic E-state index is -0.850. The second-order valence-electron chi connectivity index (χ2n) is 5.31. The molecule has 1 heterocycles. The van der Waals surface area contributed by atoms with Crippen LogP contribution in [0.15, 0.2) is 54.1 Å². The lowest BCUT2D eigenvalue weighted by molar-refractivity contribution is -0.122. The van der Waals surface area contributed by atoms with Gasteiger partial charge in [-0.3, -0.25) is 14.9 Å². The molecule has 0 atom stereocenters. The van der Waals surface area contributed by atoms with Crippen molar-refractivity contribution in [2.24, 2.45) is 0 Å². The second-order valence-corrected chi connectivity index (χ2v) is 5.31. The number of urea groups is 1. The molecule has 120 valence electrons. The standard InChI is InChI=1S/C18H13FN2O3/c1-11-6-8-13(9-7-11)21-17(23)14(16(22)20-18(21)24)10-12-4-2-3-5-15(12)19/h2-10H,1H3,(H,20,22,24). The molecule has 1 N–H and O–H groups in total. The molecule has 4 amide bonds. The number of aryl methyl sites for hydroxylation is 1. The first-order chi connectivity index (χ1) is 11.5. The Kier molecular flexibility index (Phi) is 3.95. The first kappa shape index (κ1) is 15.6. The van der Waals surface area contributed by atoms with E-state index in [0.717, 1.165) is 16.5 Å². The van der Waals surface area contributed by atoms with Gasteiger partial charge in [0.05, 0.1) is 5.69 Å². The smallest absolute Gasteiger partial charge is 0.273 e. The van der Waals surface area contributed by atoms with Crippen molar-refractivity contribution in [3.63, 3.8) is 0 Å². The summed E-state index contributed by atoms with van der Waals surface area (Å²) in [7, 11) is 0. The molecule has 0 spiro atoms. The zero-order valence-corrected chi connectivity index (χ0v) is 12.7. The van der Waals surface area contributed by atoms with Crippen molar-refractivity contribution >= 4 is 29.6 Å². The quantitative estimate of drug-likeness (QED) is 0.682. The summed E-state index contributed by atoms with van der Waals surface area (Å²) >= 11 is 0. The third kappa shape index (κ3) is 2.81. The highest BCUT2D eigenvalue weighted by molar-refractivity contribution is 6.39. The highest BCUT2D eigenvalue weighted by atomic mass is 19.1. The van der Waals surface area contributed by atoms with Crippen molar-refractivity contribution in [2.75, 3.05) is 4.90 Å². The van der Waals surface area contributed by atoms with E-state index < -0.39 is 23.7 Å². The van der Waals surface area contributed by atoms with Crippen molar-refractivity contribution in [3.8, 4) is 0 Å². The van der Waals surface area contributed by atoms with Crippen molar-refractivity contribution in [1.82, 2.24) is 5.32 Å². The number of hydrogen-bond donors (Lipinski definition) is 1. The van der Waals surface area contributed by atoms with Crippen LogP contribution in [0.2, 0.25) is 0 Å². The molecule has 5 nitrogen and oxygen atoms in total. The fourth-order valence-corrected chi connectivity index (χ4v) is 2.33. The molecule has 0 saturated carbocycles. The summed E-state index contributed by atoms with van der Waals surface area (Å²) in [5.74, 6) is -2.21. The summed E-state index contributed by atoms with van der Waals surface area (Å²) in [6.45, 7) is 1.87. The highest BCUT2D eigenvalue weighted by Crippen LogP contribution is 2.22. The molecule has 0 bridgehead atoms. The van der Waals surface area contributed by atoms with Gasteiger partial charge < -0.3 is 0 Å². The zero-order valence-electron chi connectivity index (χ0n) is 12.7. The van der Waals surface area contributed by atoms with Gasteiger partial charge in [-0.15, -0.1) is 0 Å². The number of rotatable bonds is 2. The molecule has 0 radical (unpaired) electrons. The molecule has 1 fully saturated rings. The van der Waals surface area contributed by atoms with Gasteiger partial charge in [0.1, 0.15) is 11.4 Å². The number of imide groups is 2. The molecule has 1 saturated heterocycles. The van der Waals surface area contributed by atoms with Crippen LogP contribution in [0.25, 0.3) is 6.08 Å². The number of nitrogens with one attached hydrogen (secondary N) is 1. The van der Waals surface area contributed by atoms with E-state index in [4.69, 9.17) is 0 Å². The summed E-state index contributed by atoms with van der Waals surface area (Å²) in [5.41, 5.74) is 1.08.